The van der Waals surface area contributed by atoms with E-state index in [0.717, 1.165) is 0 Å². The lowest BCUT2D eigenvalue weighted by atomic mass is 9.98. The van der Waals surface area contributed by atoms with Crippen LogP contribution in [0.3, 0.4) is 0 Å². The Morgan fingerprint density at radius 3 is 2.37 bits per heavy atom. The predicted molar refractivity (Wildman–Crippen MR) is 146 cm³/mol. The van der Waals surface area contributed by atoms with Gasteiger partial charge in [-0.2, -0.15) is 0 Å². The van der Waals surface area contributed by atoms with E-state index in [1.165, 1.54) is 21.7 Å². The van der Waals surface area contributed by atoms with Gasteiger partial charge in [-0.05, 0) is 81.3 Å². The normalized spacial score (nSPS) is 12.2. The predicted octanol–water partition coefficient (Wildman–Crippen LogP) is 4.61. The second kappa shape index (κ2) is 11.3. The molecular weight excluding hydrogens is 482 g/mol. The number of phenols is 1. The molecule has 1 heterocycles. The maximum absolute atomic E-state index is 14.1. The number of ether oxygens (including phenoxy) is 1. The molecule has 0 saturated carbocycles. The van der Waals surface area contributed by atoms with Crippen molar-refractivity contribution < 1.29 is 19.4 Å². The highest BCUT2D eigenvalue weighted by Gasteiger charge is 2.35. The van der Waals surface area contributed by atoms with Crippen LogP contribution in [-0.2, 0) is 16.1 Å². The fourth-order valence-electron chi connectivity index (χ4n) is 4.11. The lowest BCUT2D eigenvalue weighted by Gasteiger charge is -2.34. The second-order valence-corrected chi connectivity index (χ2v) is 9.65. The molecule has 198 valence electrons. The zero-order chi connectivity index (χ0) is 27.3. The molecule has 0 unspecified atom stereocenters. The number of para-hydroxylation sites is 1. The van der Waals surface area contributed by atoms with Crippen molar-refractivity contribution in [2.24, 2.45) is 0 Å². The summed E-state index contributed by atoms with van der Waals surface area (Å²) in [5.74, 6) is 0.0269. The Morgan fingerprint density at radius 2 is 1.71 bits per heavy atom. The van der Waals surface area contributed by atoms with Crippen LogP contribution in [0.1, 0.15) is 45.7 Å². The van der Waals surface area contributed by atoms with Crippen LogP contribution in [0.25, 0.3) is 11.0 Å². The van der Waals surface area contributed by atoms with E-state index < -0.39 is 11.6 Å². The first kappa shape index (κ1) is 26.7. The maximum Gasteiger partial charge on any atom is 0.249 e. The van der Waals surface area contributed by atoms with Crippen LogP contribution in [-0.4, -0.2) is 44.1 Å². The number of rotatable bonds is 10. The third-order valence-electron chi connectivity index (χ3n) is 6.46. The van der Waals surface area contributed by atoms with E-state index in [0.29, 0.717) is 41.1 Å². The van der Waals surface area contributed by atoms with Crippen LogP contribution in [0.15, 0.2) is 72.8 Å². The summed E-state index contributed by atoms with van der Waals surface area (Å²) in [6, 6.07) is 19.7. The van der Waals surface area contributed by atoms with E-state index in [1.54, 1.807) is 36.4 Å². The minimum atomic E-state index is -1.01. The van der Waals surface area contributed by atoms with Gasteiger partial charge in [-0.25, -0.2) is 4.68 Å². The Bertz CT molecular complexity index is 1400. The van der Waals surface area contributed by atoms with Gasteiger partial charge in [0.1, 0.15) is 29.6 Å². The van der Waals surface area contributed by atoms with Gasteiger partial charge in [0.15, 0.2) is 0 Å². The number of benzene rings is 3. The highest BCUT2D eigenvalue weighted by atomic mass is 16.5. The molecule has 1 aromatic heterocycles. The average Bonchev–Trinajstić information content (AvgIpc) is 3.31. The number of amides is 2. The van der Waals surface area contributed by atoms with Gasteiger partial charge >= 0.3 is 0 Å². The molecule has 9 nitrogen and oxygen atoms in total. The summed E-state index contributed by atoms with van der Waals surface area (Å²) in [4.78, 5) is 29.4. The van der Waals surface area contributed by atoms with Gasteiger partial charge in [0.05, 0.1) is 12.1 Å². The molecule has 0 saturated heterocycles. The lowest BCUT2D eigenvalue weighted by molar-refractivity contribution is -0.128. The number of phenolic OH excluding ortho intramolecular Hbond substituents is 1. The number of hydrogen-bond donors (Lipinski definition) is 2. The molecule has 0 fully saturated rings. The molecule has 0 bridgehead atoms. The van der Waals surface area contributed by atoms with Crippen molar-refractivity contribution in [3.63, 3.8) is 0 Å². The van der Waals surface area contributed by atoms with Gasteiger partial charge in [-0.1, -0.05) is 36.4 Å². The molecule has 9 heteroatoms. The first-order valence-electron chi connectivity index (χ1n) is 12.7. The summed E-state index contributed by atoms with van der Waals surface area (Å²) in [6.45, 7) is 8.12. The molecule has 0 aliphatic rings. The number of carbonyl (C=O) groups is 2. The molecule has 0 aliphatic heterocycles. The smallest absolute Gasteiger partial charge is 0.249 e. The first-order chi connectivity index (χ1) is 18.2. The van der Waals surface area contributed by atoms with Crippen molar-refractivity contribution in [1.29, 1.82) is 0 Å². The topological polar surface area (TPSA) is 110 Å². The number of anilines is 1. The largest absolute Gasteiger partial charge is 0.508 e. The molecule has 0 spiro atoms. The monoisotopic (exact) mass is 515 g/mol. The summed E-state index contributed by atoms with van der Waals surface area (Å²) >= 11 is 0. The summed E-state index contributed by atoms with van der Waals surface area (Å²) in [7, 11) is 0. The van der Waals surface area contributed by atoms with Gasteiger partial charge in [0, 0.05) is 11.2 Å². The van der Waals surface area contributed by atoms with Crippen molar-refractivity contribution in [1.82, 2.24) is 20.3 Å². The van der Waals surface area contributed by atoms with Crippen molar-refractivity contribution >= 4 is 28.5 Å². The standard InChI is InChI=1S/C29H33N5O4/c1-5-29(3,4)30-28(37)27(20-11-15-22(35)16-12-20)34(21-13-17-23(18-14-21)38-6-2)26(36)19-33-25-10-8-7-9-24(25)31-32-33/h7-18,27,35H,5-6,19H2,1-4H3,(H,30,37)/t27-/m1/s1. The minimum absolute atomic E-state index is 0.0647. The SMILES string of the molecule is CCOc1ccc(N(C(=O)Cn2nnc3ccccc32)[C@@H](C(=O)NC(C)(C)CC)c2ccc(O)cc2)cc1. The molecule has 0 radical (unpaired) electrons. The Kier molecular flexibility index (Phi) is 7.95. The van der Waals surface area contributed by atoms with Gasteiger partial charge < -0.3 is 15.2 Å². The van der Waals surface area contributed by atoms with Crippen LogP contribution < -0.4 is 15.0 Å². The van der Waals surface area contributed by atoms with Gasteiger partial charge in [-0.15, -0.1) is 5.10 Å². The second-order valence-electron chi connectivity index (χ2n) is 9.65. The molecule has 0 aliphatic carbocycles. The van der Waals surface area contributed by atoms with Crippen molar-refractivity contribution in [2.75, 3.05) is 11.5 Å². The van der Waals surface area contributed by atoms with Crippen LogP contribution in [0.5, 0.6) is 11.5 Å². The molecule has 1 atom stereocenters. The van der Waals surface area contributed by atoms with Crippen LogP contribution in [0.4, 0.5) is 5.69 Å². The number of carbonyl (C=O) groups excluding carboxylic acids is 2. The van der Waals surface area contributed by atoms with E-state index >= 15 is 0 Å². The highest BCUT2D eigenvalue weighted by Crippen LogP contribution is 2.31. The minimum Gasteiger partial charge on any atom is -0.508 e. The summed E-state index contributed by atoms with van der Waals surface area (Å²) in [5, 5.41) is 21.3. The Hall–Kier alpha value is -4.40. The summed E-state index contributed by atoms with van der Waals surface area (Å²) in [6.07, 6.45) is 0.697. The van der Waals surface area contributed by atoms with Crippen LogP contribution in [0, 0.1) is 0 Å². The highest BCUT2D eigenvalue weighted by molar-refractivity contribution is 6.01. The van der Waals surface area contributed by atoms with Gasteiger partial charge in [0.25, 0.3) is 0 Å². The molecule has 2 N–H and O–H groups in total. The number of nitrogens with one attached hydrogen (secondary N) is 1. The quantitative estimate of drug-likeness (QED) is 0.319. The van der Waals surface area contributed by atoms with E-state index in [-0.39, 0.29) is 24.1 Å². The Morgan fingerprint density at radius 1 is 1.03 bits per heavy atom. The Balaban J connectivity index is 1.81. The van der Waals surface area contributed by atoms with Crippen LogP contribution >= 0.6 is 0 Å². The summed E-state index contributed by atoms with van der Waals surface area (Å²) < 4.78 is 7.12. The Labute approximate surface area is 222 Å². The third kappa shape index (κ3) is 5.94. The average molecular weight is 516 g/mol. The zero-order valence-electron chi connectivity index (χ0n) is 22.1. The zero-order valence-corrected chi connectivity index (χ0v) is 22.1. The number of hydrogen-bond acceptors (Lipinski definition) is 6. The fraction of sp³-hybridized carbons (Fsp3) is 0.310. The lowest BCUT2D eigenvalue weighted by Crippen LogP contribution is -2.51. The fourth-order valence-corrected chi connectivity index (χ4v) is 4.11. The number of nitrogens with zero attached hydrogens (tertiary/aromatic N) is 4. The molecule has 38 heavy (non-hydrogen) atoms. The van der Waals surface area contributed by atoms with E-state index in [9.17, 15) is 14.7 Å². The summed E-state index contributed by atoms with van der Waals surface area (Å²) in [5.41, 5.74) is 1.96. The maximum atomic E-state index is 14.1. The first-order valence-corrected chi connectivity index (χ1v) is 12.7. The van der Waals surface area contributed by atoms with Crippen molar-refractivity contribution in [3.8, 4) is 11.5 Å². The third-order valence-corrected chi connectivity index (χ3v) is 6.46. The molecule has 4 rings (SSSR count). The molecule has 4 aromatic rings. The van der Waals surface area contributed by atoms with Gasteiger partial charge in [0.2, 0.25) is 11.8 Å². The number of fused-ring (bicyclic) bond motifs is 1. The van der Waals surface area contributed by atoms with Gasteiger partial charge in [-0.3, -0.25) is 14.5 Å². The van der Waals surface area contributed by atoms with E-state index in [2.05, 4.69) is 15.6 Å². The molecule has 2 amide bonds. The molecule has 3 aromatic carbocycles. The number of aromatic hydroxyl groups is 1. The van der Waals surface area contributed by atoms with Crippen LogP contribution in [0.2, 0.25) is 0 Å². The van der Waals surface area contributed by atoms with E-state index in [1.807, 2.05) is 52.0 Å². The van der Waals surface area contributed by atoms with Crippen molar-refractivity contribution in [3.05, 3.63) is 78.4 Å². The van der Waals surface area contributed by atoms with E-state index in [4.69, 9.17) is 4.74 Å². The van der Waals surface area contributed by atoms with Crippen molar-refractivity contribution in [2.45, 2.75) is 52.2 Å². The number of aromatic nitrogens is 3. The molecular formula is C29H33N5O4.